The van der Waals surface area contributed by atoms with Crippen LogP contribution in [0.5, 0.6) is 0 Å². The lowest BCUT2D eigenvalue weighted by Gasteiger charge is -2.42. The highest BCUT2D eigenvalue weighted by Crippen LogP contribution is 2.35. The number of amides is 1. The molecule has 0 saturated carbocycles. The molecule has 1 aromatic rings. The van der Waals surface area contributed by atoms with Crippen LogP contribution in [0.2, 0.25) is 0 Å². The molecule has 0 spiro atoms. The van der Waals surface area contributed by atoms with E-state index >= 15 is 0 Å². The molecule has 5 heteroatoms. The van der Waals surface area contributed by atoms with Gasteiger partial charge in [-0.25, -0.2) is 0 Å². The third-order valence-electron chi connectivity index (χ3n) is 7.52. The Labute approximate surface area is 187 Å². The van der Waals surface area contributed by atoms with Crippen molar-refractivity contribution in [3.05, 3.63) is 34.2 Å². The summed E-state index contributed by atoms with van der Waals surface area (Å²) in [5.41, 5.74) is 1.23. The van der Waals surface area contributed by atoms with Gasteiger partial charge in [-0.05, 0) is 44.1 Å². The van der Waals surface area contributed by atoms with Gasteiger partial charge in [-0.1, -0.05) is 51.0 Å². The minimum atomic E-state index is 0.106. The number of ether oxygens (including phenoxy) is 1. The Morgan fingerprint density at radius 2 is 1.74 bits per heavy atom. The van der Waals surface area contributed by atoms with Gasteiger partial charge in [-0.3, -0.25) is 9.59 Å². The number of pyridine rings is 1. The zero-order valence-corrected chi connectivity index (χ0v) is 19.1. The Morgan fingerprint density at radius 3 is 2.52 bits per heavy atom. The minimum absolute atomic E-state index is 0.106. The molecule has 0 aliphatic carbocycles. The van der Waals surface area contributed by atoms with E-state index in [4.69, 9.17) is 4.74 Å². The van der Waals surface area contributed by atoms with Gasteiger partial charge in [0.05, 0.1) is 6.10 Å². The van der Waals surface area contributed by atoms with Gasteiger partial charge in [0.1, 0.15) is 0 Å². The van der Waals surface area contributed by atoms with E-state index < -0.39 is 0 Å². The van der Waals surface area contributed by atoms with E-state index in [0.717, 1.165) is 44.8 Å². The summed E-state index contributed by atoms with van der Waals surface area (Å²) in [5, 5.41) is 0. The molecule has 31 heavy (non-hydrogen) atoms. The Balaban J connectivity index is 1.06. The molecule has 1 amide bonds. The van der Waals surface area contributed by atoms with E-state index in [1.54, 1.807) is 6.07 Å². The smallest absolute Gasteiger partial charge is 0.250 e. The van der Waals surface area contributed by atoms with Gasteiger partial charge >= 0.3 is 0 Å². The molecule has 3 aliphatic heterocycles. The van der Waals surface area contributed by atoms with Crippen LogP contribution < -0.4 is 5.56 Å². The third-order valence-corrected chi connectivity index (χ3v) is 7.52. The van der Waals surface area contributed by atoms with Crippen molar-refractivity contribution in [2.75, 3.05) is 19.7 Å². The van der Waals surface area contributed by atoms with Gasteiger partial charge in [0.2, 0.25) is 5.91 Å². The summed E-state index contributed by atoms with van der Waals surface area (Å²) in [4.78, 5) is 27.0. The van der Waals surface area contributed by atoms with Crippen molar-refractivity contribution in [2.45, 2.75) is 102 Å². The summed E-state index contributed by atoms with van der Waals surface area (Å²) in [7, 11) is 0. The molecule has 172 valence electrons. The van der Waals surface area contributed by atoms with Gasteiger partial charge in [-0.2, -0.15) is 0 Å². The van der Waals surface area contributed by atoms with Crippen LogP contribution in [-0.4, -0.2) is 41.2 Å². The second kappa shape index (κ2) is 11.3. The molecule has 5 nitrogen and oxygen atoms in total. The Morgan fingerprint density at radius 1 is 0.968 bits per heavy atom. The van der Waals surface area contributed by atoms with Crippen LogP contribution in [0, 0.1) is 5.92 Å². The molecule has 0 unspecified atom stereocenters. The zero-order valence-electron chi connectivity index (χ0n) is 19.1. The molecule has 2 saturated heterocycles. The maximum absolute atomic E-state index is 12.8. The molecule has 0 aromatic carbocycles. The van der Waals surface area contributed by atoms with Crippen LogP contribution in [0.1, 0.15) is 95.1 Å². The Bertz CT molecular complexity index is 768. The number of likely N-dealkylation sites (tertiary alicyclic amines) is 1. The first-order chi connectivity index (χ1) is 15.2. The Kier molecular flexibility index (Phi) is 8.23. The van der Waals surface area contributed by atoms with E-state index in [9.17, 15) is 9.59 Å². The minimum Gasteiger partial charge on any atom is -0.378 e. The molecule has 2 bridgehead atoms. The molecule has 3 atom stereocenters. The number of unbranched alkanes of at least 4 members (excludes halogenated alkanes) is 7. The molecular weight excluding hydrogens is 388 g/mol. The number of piperidine rings is 1. The van der Waals surface area contributed by atoms with E-state index in [2.05, 4.69) is 11.0 Å². The normalized spacial score (nSPS) is 24.9. The van der Waals surface area contributed by atoms with E-state index in [-0.39, 0.29) is 5.56 Å². The molecule has 3 aliphatic rings. The molecule has 2 fully saturated rings. The number of fused-ring (bicyclic) bond motifs is 4. The van der Waals surface area contributed by atoms with E-state index in [1.807, 2.05) is 10.6 Å². The van der Waals surface area contributed by atoms with Crippen molar-refractivity contribution < 1.29 is 9.53 Å². The maximum atomic E-state index is 12.8. The number of rotatable bonds is 11. The number of carbonyl (C=O) groups excluding carboxylic acids is 1. The molecule has 0 N–H and O–H groups in total. The van der Waals surface area contributed by atoms with Crippen molar-refractivity contribution in [1.82, 2.24) is 9.47 Å². The fraction of sp³-hybridized carbons (Fsp3) is 0.769. The number of carbonyl (C=O) groups is 1. The lowest BCUT2D eigenvalue weighted by molar-refractivity contribution is -0.134. The summed E-state index contributed by atoms with van der Waals surface area (Å²) >= 11 is 0. The topological polar surface area (TPSA) is 51.5 Å². The lowest BCUT2D eigenvalue weighted by Crippen LogP contribution is -2.49. The molecular formula is C26H40N2O3. The van der Waals surface area contributed by atoms with Crippen molar-refractivity contribution in [1.29, 1.82) is 0 Å². The van der Waals surface area contributed by atoms with Gasteiger partial charge in [-0.15, -0.1) is 0 Å². The molecule has 1 aromatic heterocycles. The quantitative estimate of drug-likeness (QED) is 0.472. The second-order valence-corrected chi connectivity index (χ2v) is 10.00. The summed E-state index contributed by atoms with van der Waals surface area (Å²) < 4.78 is 7.62. The summed E-state index contributed by atoms with van der Waals surface area (Å²) in [6.07, 6.45) is 16.2. The first-order valence-corrected chi connectivity index (χ1v) is 12.8. The number of aromatic nitrogens is 1. The Hall–Kier alpha value is -1.62. The van der Waals surface area contributed by atoms with E-state index in [0.29, 0.717) is 30.3 Å². The fourth-order valence-corrected chi connectivity index (χ4v) is 5.84. The van der Waals surface area contributed by atoms with E-state index in [1.165, 1.54) is 64.2 Å². The second-order valence-electron chi connectivity index (χ2n) is 10.00. The van der Waals surface area contributed by atoms with Crippen LogP contribution in [0.3, 0.4) is 0 Å². The molecule has 0 radical (unpaired) electrons. The fourth-order valence-electron chi connectivity index (χ4n) is 5.84. The third kappa shape index (κ3) is 6.21. The highest BCUT2D eigenvalue weighted by atomic mass is 16.5. The van der Waals surface area contributed by atoms with Gasteiger partial charge < -0.3 is 14.2 Å². The van der Waals surface area contributed by atoms with Crippen molar-refractivity contribution >= 4 is 5.91 Å². The maximum Gasteiger partial charge on any atom is 0.250 e. The van der Waals surface area contributed by atoms with Crippen molar-refractivity contribution in [2.24, 2.45) is 5.92 Å². The number of hydrogen-bond donors (Lipinski definition) is 0. The average molecular weight is 429 g/mol. The van der Waals surface area contributed by atoms with Crippen LogP contribution in [0.25, 0.3) is 0 Å². The number of hydrogen-bond acceptors (Lipinski definition) is 3. The van der Waals surface area contributed by atoms with Crippen LogP contribution in [0.15, 0.2) is 23.0 Å². The van der Waals surface area contributed by atoms with Gasteiger partial charge in [0, 0.05) is 50.3 Å². The number of nitrogens with zero attached hydrogens (tertiary/aromatic N) is 2. The largest absolute Gasteiger partial charge is 0.378 e. The highest BCUT2D eigenvalue weighted by molar-refractivity contribution is 5.76. The predicted molar refractivity (Wildman–Crippen MR) is 123 cm³/mol. The van der Waals surface area contributed by atoms with Crippen LogP contribution >= 0.6 is 0 Å². The molecule has 4 rings (SSSR count). The van der Waals surface area contributed by atoms with Crippen molar-refractivity contribution in [3.63, 3.8) is 0 Å². The average Bonchev–Trinajstić information content (AvgIpc) is 3.29. The van der Waals surface area contributed by atoms with Crippen molar-refractivity contribution in [3.8, 4) is 0 Å². The SMILES string of the molecule is O=C(CCCCCCCCCC[C@@H]1CCCO1)N1C[C@@H]2C[C@H](C1)c1cccc(=O)n1C2. The summed E-state index contributed by atoms with van der Waals surface area (Å²) in [6.45, 7) is 3.34. The monoisotopic (exact) mass is 428 g/mol. The highest BCUT2D eigenvalue weighted by Gasteiger charge is 2.35. The summed E-state index contributed by atoms with van der Waals surface area (Å²) in [5.74, 6) is 1.07. The van der Waals surface area contributed by atoms with Crippen LogP contribution in [-0.2, 0) is 16.1 Å². The van der Waals surface area contributed by atoms with Crippen LogP contribution in [0.4, 0.5) is 0 Å². The first kappa shape index (κ1) is 22.6. The lowest BCUT2D eigenvalue weighted by atomic mass is 9.83. The standard InChI is InChI=1S/C26H40N2O3/c29-25(14-8-6-4-2-1-3-5-7-11-23-12-10-16-31-23)27-18-21-17-22(20-27)24-13-9-15-26(30)28(24)19-21/h9,13,15,21-23H,1-8,10-12,14,16-20H2/t21-,22+,23+/m0/s1. The summed E-state index contributed by atoms with van der Waals surface area (Å²) in [6, 6.07) is 5.58. The molecule has 4 heterocycles. The predicted octanol–water partition coefficient (Wildman–Crippen LogP) is 4.87. The van der Waals surface area contributed by atoms with Gasteiger partial charge in [0.25, 0.3) is 5.56 Å². The first-order valence-electron chi connectivity index (χ1n) is 12.8. The van der Waals surface area contributed by atoms with Gasteiger partial charge in [0.15, 0.2) is 0 Å². The zero-order chi connectivity index (χ0) is 21.5.